The largest absolute Gasteiger partial charge is 0.455 e. The second-order valence-electron chi connectivity index (χ2n) is 9.12. The van der Waals surface area contributed by atoms with E-state index in [1.165, 1.54) is 29.3 Å². The normalized spacial score (nSPS) is 20.1. The van der Waals surface area contributed by atoms with E-state index in [2.05, 4.69) is 18.2 Å². The Morgan fingerprint density at radius 1 is 0.972 bits per heavy atom. The number of hydrogen-bond acceptors (Lipinski definition) is 4. The van der Waals surface area contributed by atoms with Gasteiger partial charge in [-0.25, -0.2) is 9.40 Å². The summed E-state index contributed by atoms with van der Waals surface area (Å²) in [6.07, 6.45) is 4.97. The Hall–Kier alpha value is -4.06. The van der Waals surface area contributed by atoms with Gasteiger partial charge in [0.05, 0.1) is 18.2 Å². The molecule has 36 heavy (non-hydrogen) atoms. The number of carbonyl (C=O) groups is 2. The van der Waals surface area contributed by atoms with Gasteiger partial charge in [0.15, 0.2) is 6.61 Å². The summed E-state index contributed by atoms with van der Waals surface area (Å²) in [5.41, 5.74) is 4.81. The number of nitrogens with zero attached hydrogens (tertiary/aromatic N) is 2. The maximum absolute atomic E-state index is 13.3. The lowest BCUT2D eigenvalue weighted by atomic mass is 9.77. The highest BCUT2D eigenvalue weighted by Crippen LogP contribution is 2.44. The molecule has 1 aliphatic heterocycles. The van der Waals surface area contributed by atoms with Crippen LogP contribution in [-0.4, -0.2) is 29.2 Å². The molecule has 1 aliphatic carbocycles. The second kappa shape index (κ2) is 10.7. The third-order valence-electron chi connectivity index (χ3n) is 6.66. The Kier molecular flexibility index (Phi) is 7.03. The van der Waals surface area contributed by atoms with Crippen LogP contribution in [0.25, 0.3) is 6.08 Å². The fourth-order valence-corrected chi connectivity index (χ4v) is 4.97. The standard InChI is InChI=1S/C30H27FN2O3/c31-25-16-14-22(15-17-25)19-28(35)36-20-27(34)33-30(23-10-5-2-6-11-23)26-13-7-12-24(29(26)32-33)18-21-8-3-1-4-9-21/h1-6,8-11,14-18,26,30H,7,12-13,19-20H2/b24-18+/t26-,30+/m1/s1. The molecule has 0 saturated heterocycles. The van der Waals surface area contributed by atoms with E-state index in [4.69, 9.17) is 9.84 Å². The van der Waals surface area contributed by atoms with Gasteiger partial charge in [-0.2, -0.15) is 5.10 Å². The van der Waals surface area contributed by atoms with E-state index in [1.54, 1.807) is 0 Å². The van der Waals surface area contributed by atoms with Crippen LogP contribution in [0.4, 0.5) is 4.39 Å². The molecule has 0 N–H and O–H groups in total. The lowest BCUT2D eigenvalue weighted by Gasteiger charge is -2.29. The Balaban J connectivity index is 1.36. The van der Waals surface area contributed by atoms with Crippen molar-refractivity contribution in [1.82, 2.24) is 5.01 Å². The Bertz CT molecular complexity index is 1290. The fraction of sp³-hybridized carbons (Fsp3) is 0.233. The SMILES string of the molecule is O=C(Cc1ccc(F)cc1)OCC(=O)N1N=C2/C(=C/c3ccccc3)CCC[C@H]2[C@@H]1c1ccccc1. The second-order valence-corrected chi connectivity index (χ2v) is 9.12. The van der Waals surface area contributed by atoms with Crippen LogP contribution < -0.4 is 0 Å². The monoisotopic (exact) mass is 482 g/mol. The molecule has 3 aromatic rings. The van der Waals surface area contributed by atoms with Gasteiger partial charge >= 0.3 is 5.97 Å². The van der Waals surface area contributed by atoms with Crippen molar-refractivity contribution < 1.29 is 18.7 Å². The zero-order chi connectivity index (χ0) is 24.9. The molecule has 6 heteroatoms. The van der Waals surface area contributed by atoms with Crippen molar-refractivity contribution in [2.45, 2.75) is 31.7 Å². The molecular formula is C30H27FN2O3. The predicted molar refractivity (Wildman–Crippen MR) is 136 cm³/mol. The summed E-state index contributed by atoms with van der Waals surface area (Å²) in [7, 11) is 0. The molecular weight excluding hydrogens is 455 g/mol. The first kappa shape index (κ1) is 23.7. The van der Waals surface area contributed by atoms with Crippen LogP contribution in [0.15, 0.2) is 95.6 Å². The summed E-state index contributed by atoms with van der Waals surface area (Å²) in [6.45, 7) is -0.398. The lowest BCUT2D eigenvalue weighted by molar-refractivity contribution is -0.152. The maximum Gasteiger partial charge on any atom is 0.310 e. The summed E-state index contributed by atoms with van der Waals surface area (Å²) in [5, 5.41) is 6.32. The first-order valence-corrected chi connectivity index (χ1v) is 12.2. The molecule has 3 aromatic carbocycles. The van der Waals surface area contributed by atoms with Crippen LogP contribution in [0.5, 0.6) is 0 Å². The number of halogens is 1. The van der Waals surface area contributed by atoms with Gasteiger partial charge in [0.1, 0.15) is 5.82 Å². The third kappa shape index (κ3) is 5.28. The number of hydrogen-bond donors (Lipinski definition) is 0. The number of ether oxygens (including phenoxy) is 1. The van der Waals surface area contributed by atoms with Gasteiger partial charge in [-0.3, -0.25) is 9.59 Å². The van der Waals surface area contributed by atoms with Crippen molar-refractivity contribution in [3.8, 4) is 0 Å². The minimum absolute atomic E-state index is 0.0310. The molecule has 2 atom stereocenters. The number of carbonyl (C=O) groups excluding carboxylic acids is 2. The highest BCUT2D eigenvalue weighted by atomic mass is 19.1. The summed E-state index contributed by atoms with van der Waals surface area (Å²) < 4.78 is 18.4. The average molecular weight is 483 g/mol. The van der Waals surface area contributed by atoms with Crippen LogP contribution in [-0.2, 0) is 20.7 Å². The third-order valence-corrected chi connectivity index (χ3v) is 6.66. The molecule has 5 rings (SSSR count). The quantitative estimate of drug-likeness (QED) is 0.422. The molecule has 5 nitrogen and oxygen atoms in total. The van der Waals surface area contributed by atoms with Crippen LogP contribution >= 0.6 is 0 Å². The van der Waals surface area contributed by atoms with E-state index in [9.17, 15) is 14.0 Å². The lowest BCUT2D eigenvalue weighted by Crippen LogP contribution is -2.34. The van der Waals surface area contributed by atoms with Crippen molar-refractivity contribution in [3.63, 3.8) is 0 Å². The minimum atomic E-state index is -0.542. The van der Waals surface area contributed by atoms with Crippen LogP contribution in [0, 0.1) is 11.7 Å². The molecule has 182 valence electrons. The number of amides is 1. The number of rotatable bonds is 6. The fourth-order valence-electron chi connectivity index (χ4n) is 4.97. The molecule has 0 radical (unpaired) electrons. The van der Waals surface area contributed by atoms with Gasteiger partial charge in [0.2, 0.25) is 0 Å². The van der Waals surface area contributed by atoms with Crippen molar-refractivity contribution >= 4 is 23.7 Å². The van der Waals surface area contributed by atoms with Gasteiger partial charge in [-0.15, -0.1) is 0 Å². The molecule has 0 spiro atoms. The maximum atomic E-state index is 13.3. The van der Waals surface area contributed by atoms with Gasteiger partial charge < -0.3 is 4.74 Å². The van der Waals surface area contributed by atoms with Crippen LogP contribution in [0.3, 0.4) is 0 Å². The van der Waals surface area contributed by atoms with Gasteiger partial charge in [0.25, 0.3) is 5.91 Å². The number of hydrazone groups is 1. The number of allylic oxidation sites excluding steroid dienone is 1. The average Bonchev–Trinajstić information content (AvgIpc) is 3.31. The van der Waals surface area contributed by atoms with Gasteiger partial charge in [0, 0.05) is 5.92 Å². The predicted octanol–water partition coefficient (Wildman–Crippen LogP) is 5.73. The number of benzene rings is 3. The Labute approximate surface area is 209 Å². The molecule has 0 unspecified atom stereocenters. The summed E-state index contributed by atoms with van der Waals surface area (Å²) in [5.74, 6) is -1.20. The molecule has 2 aliphatic rings. The Morgan fingerprint density at radius 2 is 1.67 bits per heavy atom. The summed E-state index contributed by atoms with van der Waals surface area (Å²) in [4.78, 5) is 25.7. The van der Waals surface area contributed by atoms with Crippen LogP contribution in [0.1, 0.15) is 42.0 Å². The van der Waals surface area contributed by atoms with Gasteiger partial charge in [-0.1, -0.05) is 72.8 Å². The van der Waals surface area contributed by atoms with E-state index < -0.39 is 12.6 Å². The molecule has 0 aromatic heterocycles. The molecule has 0 bridgehead atoms. The number of esters is 1. The van der Waals surface area contributed by atoms with E-state index in [-0.39, 0.29) is 30.1 Å². The van der Waals surface area contributed by atoms with E-state index in [0.717, 1.165) is 41.7 Å². The van der Waals surface area contributed by atoms with Crippen molar-refractivity contribution in [2.75, 3.05) is 6.61 Å². The van der Waals surface area contributed by atoms with E-state index in [0.29, 0.717) is 5.56 Å². The summed E-state index contributed by atoms with van der Waals surface area (Å²) in [6, 6.07) is 25.4. The van der Waals surface area contributed by atoms with Crippen molar-refractivity contribution in [1.29, 1.82) is 0 Å². The highest BCUT2D eigenvalue weighted by molar-refractivity contribution is 6.08. The molecule has 1 amide bonds. The highest BCUT2D eigenvalue weighted by Gasteiger charge is 2.43. The molecule has 1 fully saturated rings. The topological polar surface area (TPSA) is 59.0 Å². The first-order chi connectivity index (χ1) is 17.6. The zero-order valence-corrected chi connectivity index (χ0v) is 19.8. The first-order valence-electron chi connectivity index (χ1n) is 12.2. The van der Waals surface area contributed by atoms with Crippen molar-refractivity contribution in [2.24, 2.45) is 11.0 Å². The zero-order valence-electron chi connectivity index (χ0n) is 19.8. The molecule has 1 heterocycles. The van der Waals surface area contributed by atoms with Crippen LogP contribution in [0.2, 0.25) is 0 Å². The summed E-state index contributed by atoms with van der Waals surface area (Å²) >= 11 is 0. The van der Waals surface area contributed by atoms with Crippen molar-refractivity contribution in [3.05, 3.63) is 113 Å². The smallest absolute Gasteiger partial charge is 0.310 e. The number of fused-ring (bicyclic) bond motifs is 1. The van der Waals surface area contributed by atoms with E-state index in [1.807, 2.05) is 48.5 Å². The Morgan fingerprint density at radius 3 is 2.39 bits per heavy atom. The minimum Gasteiger partial charge on any atom is -0.455 e. The molecule has 1 saturated carbocycles. The van der Waals surface area contributed by atoms with E-state index >= 15 is 0 Å². The van der Waals surface area contributed by atoms with Gasteiger partial charge in [-0.05, 0) is 59.7 Å².